The molecule has 1 aromatic carbocycles. The number of aromatic nitrogens is 2. The quantitative estimate of drug-likeness (QED) is 0.446. The number of carbonyl (C=O) groups excluding carboxylic acids is 2. The predicted octanol–water partition coefficient (Wildman–Crippen LogP) is 5.17. The fourth-order valence-corrected chi connectivity index (χ4v) is 6.68. The maximum Gasteiger partial charge on any atom is 0.410 e. The maximum atomic E-state index is 12.7. The van der Waals surface area contributed by atoms with Crippen LogP contribution in [0.3, 0.4) is 0 Å². The molecule has 5 heterocycles. The van der Waals surface area contributed by atoms with E-state index in [0.29, 0.717) is 50.6 Å². The first kappa shape index (κ1) is 28.3. The molecule has 3 aromatic rings. The van der Waals surface area contributed by atoms with Crippen molar-refractivity contribution in [3.63, 3.8) is 0 Å². The van der Waals surface area contributed by atoms with Gasteiger partial charge in [0.2, 0.25) is 0 Å². The smallest absolute Gasteiger partial charge is 0.410 e. The zero-order valence-electron chi connectivity index (χ0n) is 25.1. The van der Waals surface area contributed by atoms with Gasteiger partial charge >= 0.3 is 6.09 Å². The number of benzene rings is 1. The van der Waals surface area contributed by atoms with Gasteiger partial charge in [-0.15, -0.1) is 0 Å². The molecule has 1 N–H and O–H groups in total. The molecule has 10 nitrogen and oxygen atoms in total. The molecule has 6 rings (SSSR count). The lowest BCUT2D eigenvalue weighted by atomic mass is 9.94. The molecule has 1 saturated heterocycles. The Morgan fingerprint density at radius 3 is 2.57 bits per heavy atom. The van der Waals surface area contributed by atoms with E-state index < -0.39 is 5.60 Å². The summed E-state index contributed by atoms with van der Waals surface area (Å²) < 4.78 is 11.5. The van der Waals surface area contributed by atoms with Crippen LogP contribution in [0.4, 0.5) is 21.4 Å². The second kappa shape index (κ2) is 10.4. The van der Waals surface area contributed by atoms with E-state index in [4.69, 9.17) is 19.4 Å². The number of anilines is 3. The number of pyridine rings is 1. The van der Waals surface area contributed by atoms with Gasteiger partial charge in [0.05, 0.1) is 17.9 Å². The highest BCUT2D eigenvalue weighted by Gasteiger charge is 2.35. The molecular formula is C31H38N6O4S. The lowest BCUT2D eigenvalue weighted by molar-refractivity contribution is 0.0240. The highest BCUT2D eigenvalue weighted by atomic mass is 32.1. The van der Waals surface area contributed by atoms with Crippen LogP contribution < -0.4 is 19.9 Å². The Bertz CT molecular complexity index is 1540. The van der Waals surface area contributed by atoms with Crippen LogP contribution in [0.5, 0.6) is 5.75 Å². The molecule has 0 saturated carbocycles. The molecule has 2 amide bonds. The van der Waals surface area contributed by atoms with Gasteiger partial charge in [-0.05, 0) is 70.9 Å². The molecule has 3 aliphatic heterocycles. The fraction of sp³-hybridized carbons (Fsp3) is 0.484. The van der Waals surface area contributed by atoms with Crippen LogP contribution >= 0.6 is 11.3 Å². The lowest BCUT2D eigenvalue weighted by Crippen LogP contribution is -2.50. The van der Waals surface area contributed by atoms with E-state index in [2.05, 4.69) is 40.2 Å². The summed E-state index contributed by atoms with van der Waals surface area (Å²) in [6, 6.07) is 8.33. The van der Waals surface area contributed by atoms with Gasteiger partial charge in [0, 0.05) is 49.9 Å². The molecule has 0 aliphatic carbocycles. The van der Waals surface area contributed by atoms with Gasteiger partial charge < -0.3 is 29.5 Å². The molecule has 222 valence electrons. The minimum absolute atomic E-state index is 0.0554. The van der Waals surface area contributed by atoms with Crippen LogP contribution in [0.1, 0.15) is 55.5 Å². The molecule has 0 radical (unpaired) electrons. The third kappa shape index (κ3) is 5.62. The summed E-state index contributed by atoms with van der Waals surface area (Å²) in [5.41, 5.74) is 4.09. The molecule has 0 spiro atoms. The third-order valence-corrected chi connectivity index (χ3v) is 8.74. The molecule has 0 atom stereocenters. The first-order valence-electron chi connectivity index (χ1n) is 14.4. The summed E-state index contributed by atoms with van der Waals surface area (Å²) in [5.74, 6) is 1.67. The van der Waals surface area contributed by atoms with Gasteiger partial charge in [-0.25, -0.2) is 14.8 Å². The standard InChI is InChI=1S/C31H38N6O4S/c1-19-15-21(18-32-26(19)35-9-11-36(12-10-35)29(39)41-30(2,3)4)20-7-8-24-23(16-20)37(13-14-40-24)28-33-22-17-31(5,6)34-27(38)25(22)42-28/h7-8,15-16,18H,9-14,17H2,1-6H3,(H,34,38). The van der Waals surface area contributed by atoms with Gasteiger partial charge in [0.25, 0.3) is 5.91 Å². The lowest BCUT2D eigenvalue weighted by Gasteiger charge is -2.36. The zero-order chi connectivity index (χ0) is 29.8. The maximum absolute atomic E-state index is 12.7. The Morgan fingerprint density at radius 1 is 1.10 bits per heavy atom. The number of piperazine rings is 1. The van der Waals surface area contributed by atoms with E-state index in [0.717, 1.165) is 44.8 Å². The largest absolute Gasteiger partial charge is 0.490 e. The van der Waals surface area contributed by atoms with Crippen molar-refractivity contribution in [1.82, 2.24) is 20.2 Å². The topological polar surface area (TPSA) is 100 Å². The van der Waals surface area contributed by atoms with E-state index in [-0.39, 0.29) is 17.5 Å². The van der Waals surface area contributed by atoms with Crippen molar-refractivity contribution in [2.45, 2.75) is 59.1 Å². The normalized spacial score (nSPS) is 18.1. The van der Waals surface area contributed by atoms with Crippen LogP contribution in [-0.4, -0.2) is 77.3 Å². The second-order valence-corrected chi connectivity index (χ2v) is 13.8. The molecule has 42 heavy (non-hydrogen) atoms. The predicted molar refractivity (Wildman–Crippen MR) is 164 cm³/mol. The molecule has 3 aliphatic rings. The van der Waals surface area contributed by atoms with Gasteiger partial charge in [-0.1, -0.05) is 17.4 Å². The Labute approximate surface area is 250 Å². The Hall–Kier alpha value is -3.86. The van der Waals surface area contributed by atoms with Crippen molar-refractivity contribution in [2.75, 3.05) is 49.1 Å². The second-order valence-electron chi connectivity index (χ2n) is 12.8. The average Bonchev–Trinajstić information content (AvgIpc) is 3.35. The Morgan fingerprint density at radius 2 is 1.86 bits per heavy atom. The van der Waals surface area contributed by atoms with E-state index >= 15 is 0 Å². The number of amides is 2. The van der Waals surface area contributed by atoms with Gasteiger partial charge in [-0.3, -0.25) is 4.79 Å². The number of nitrogens with zero attached hydrogens (tertiary/aromatic N) is 5. The average molecular weight is 591 g/mol. The van der Waals surface area contributed by atoms with Crippen LogP contribution in [0, 0.1) is 6.92 Å². The van der Waals surface area contributed by atoms with Crippen LogP contribution in [0.2, 0.25) is 0 Å². The van der Waals surface area contributed by atoms with Crippen LogP contribution in [0.25, 0.3) is 11.1 Å². The van der Waals surface area contributed by atoms with Crippen molar-refractivity contribution < 1.29 is 19.1 Å². The van der Waals surface area contributed by atoms with Crippen molar-refractivity contribution in [3.05, 3.63) is 46.6 Å². The van der Waals surface area contributed by atoms with Crippen molar-refractivity contribution in [1.29, 1.82) is 0 Å². The summed E-state index contributed by atoms with van der Waals surface area (Å²) in [6.45, 7) is 15.6. The van der Waals surface area contributed by atoms with E-state index in [1.165, 1.54) is 11.3 Å². The Kier molecular flexibility index (Phi) is 7.03. The first-order chi connectivity index (χ1) is 19.9. The van der Waals surface area contributed by atoms with Crippen molar-refractivity contribution >= 4 is 40.0 Å². The highest BCUT2D eigenvalue weighted by Crippen LogP contribution is 2.42. The monoisotopic (exact) mass is 590 g/mol. The molecular weight excluding hydrogens is 552 g/mol. The van der Waals surface area contributed by atoms with E-state index in [1.54, 1.807) is 4.90 Å². The number of aryl methyl sites for hydroxylation is 1. The van der Waals surface area contributed by atoms with Crippen LogP contribution in [-0.2, 0) is 11.2 Å². The third-order valence-electron chi connectivity index (χ3n) is 7.62. The zero-order valence-corrected chi connectivity index (χ0v) is 25.9. The number of thiazole rings is 1. The summed E-state index contributed by atoms with van der Waals surface area (Å²) in [4.78, 5) is 41.8. The number of hydrogen-bond acceptors (Lipinski definition) is 9. The number of rotatable bonds is 3. The molecule has 11 heteroatoms. The van der Waals surface area contributed by atoms with E-state index in [9.17, 15) is 9.59 Å². The Balaban J connectivity index is 1.21. The number of carbonyl (C=O) groups is 2. The number of fused-ring (bicyclic) bond motifs is 2. The molecule has 1 fully saturated rings. The molecule has 0 unspecified atom stereocenters. The summed E-state index contributed by atoms with van der Waals surface area (Å²) in [7, 11) is 0. The molecule has 0 bridgehead atoms. The number of ether oxygens (including phenoxy) is 2. The van der Waals surface area contributed by atoms with E-state index in [1.807, 2.05) is 46.9 Å². The summed E-state index contributed by atoms with van der Waals surface area (Å²) >= 11 is 1.44. The molecule has 2 aromatic heterocycles. The van der Waals surface area contributed by atoms with Crippen molar-refractivity contribution in [2.24, 2.45) is 0 Å². The van der Waals surface area contributed by atoms with Gasteiger partial charge in [-0.2, -0.15) is 0 Å². The fourth-order valence-electron chi connectivity index (χ4n) is 5.66. The minimum atomic E-state index is -0.505. The minimum Gasteiger partial charge on any atom is -0.490 e. The number of nitrogens with one attached hydrogen (secondary N) is 1. The van der Waals surface area contributed by atoms with Gasteiger partial charge in [0.1, 0.15) is 28.7 Å². The first-order valence-corrected chi connectivity index (χ1v) is 15.2. The van der Waals surface area contributed by atoms with Crippen LogP contribution in [0.15, 0.2) is 30.5 Å². The SMILES string of the molecule is Cc1cc(-c2ccc3c(c2)N(c2nc4c(s2)C(=O)NC(C)(C)C4)CCO3)cnc1N1CCN(C(=O)OC(C)(C)C)CC1. The summed E-state index contributed by atoms with van der Waals surface area (Å²) in [6.07, 6.45) is 2.35. The van der Waals surface area contributed by atoms with Crippen molar-refractivity contribution in [3.8, 4) is 16.9 Å². The summed E-state index contributed by atoms with van der Waals surface area (Å²) in [5, 5.41) is 3.89. The van der Waals surface area contributed by atoms with Gasteiger partial charge in [0.15, 0.2) is 5.13 Å². The highest BCUT2D eigenvalue weighted by molar-refractivity contribution is 7.17. The number of hydrogen-bond donors (Lipinski definition) is 1.